The summed E-state index contributed by atoms with van der Waals surface area (Å²) in [5.41, 5.74) is 4.82. The summed E-state index contributed by atoms with van der Waals surface area (Å²) in [6.45, 7) is 2.06. The van der Waals surface area contributed by atoms with Crippen molar-refractivity contribution < 1.29 is 9.59 Å². The summed E-state index contributed by atoms with van der Waals surface area (Å²) in [6, 6.07) is 21.4. The standard InChI is InChI=1S/C25H19N3O2S/c1-15(29)27-21-7-3-4-8-22(21)28-25(30)17-10-18-13-26-14-20(18)19(11-17)24-12-16-6-2-5-9-23(16)31-24/h2-13H,14H2,1H3,(H,27,29)(H,28,30). The van der Waals surface area contributed by atoms with Gasteiger partial charge >= 0.3 is 0 Å². The van der Waals surface area contributed by atoms with Crippen molar-refractivity contribution in [2.75, 3.05) is 10.6 Å². The van der Waals surface area contributed by atoms with Gasteiger partial charge in [0.1, 0.15) is 0 Å². The topological polar surface area (TPSA) is 70.6 Å². The molecule has 5 rings (SSSR count). The number of thiophene rings is 1. The van der Waals surface area contributed by atoms with E-state index in [1.165, 1.54) is 17.0 Å². The van der Waals surface area contributed by atoms with E-state index in [0.717, 1.165) is 21.6 Å². The predicted molar refractivity (Wildman–Crippen MR) is 127 cm³/mol. The molecule has 5 nitrogen and oxygen atoms in total. The van der Waals surface area contributed by atoms with Gasteiger partial charge in [-0.3, -0.25) is 14.6 Å². The fourth-order valence-corrected chi connectivity index (χ4v) is 4.88. The second-order valence-electron chi connectivity index (χ2n) is 7.39. The molecule has 0 spiro atoms. The number of rotatable bonds is 4. The molecule has 4 aromatic rings. The third kappa shape index (κ3) is 3.73. The Hall–Kier alpha value is -3.77. The number of carbonyl (C=O) groups is 2. The summed E-state index contributed by atoms with van der Waals surface area (Å²) in [5.74, 6) is -0.425. The van der Waals surface area contributed by atoms with Crippen molar-refractivity contribution in [2.45, 2.75) is 13.5 Å². The van der Waals surface area contributed by atoms with Gasteiger partial charge in [0, 0.05) is 28.3 Å². The molecule has 152 valence electrons. The molecular formula is C25H19N3O2S. The minimum atomic E-state index is -0.233. The Morgan fingerprint density at radius 3 is 2.45 bits per heavy atom. The number of benzene rings is 3. The highest BCUT2D eigenvalue weighted by atomic mass is 32.1. The summed E-state index contributed by atoms with van der Waals surface area (Å²) in [6.07, 6.45) is 1.83. The molecule has 0 radical (unpaired) electrons. The maximum Gasteiger partial charge on any atom is 0.255 e. The number of aliphatic imine (C=N–C) groups is 1. The quantitative estimate of drug-likeness (QED) is 0.440. The van der Waals surface area contributed by atoms with Gasteiger partial charge in [-0.15, -0.1) is 11.3 Å². The second kappa shape index (κ2) is 7.81. The highest BCUT2D eigenvalue weighted by Gasteiger charge is 2.19. The molecule has 0 saturated heterocycles. The molecule has 6 heteroatoms. The van der Waals surface area contributed by atoms with Crippen molar-refractivity contribution in [2.24, 2.45) is 4.99 Å². The Bertz CT molecular complexity index is 1340. The molecule has 31 heavy (non-hydrogen) atoms. The van der Waals surface area contributed by atoms with Gasteiger partial charge in [0.2, 0.25) is 5.91 Å². The van der Waals surface area contributed by atoms with Gasteiger partial charge in [-0.1, -0.05) is 30.3 Å². The van der Waals surface area contributed by atoms with Gasteiger partial charge in [-0.2, -0.15) is 0 Å². The van der Waals surface area contributed by atoms with E-state index in [4.69, 9.17) is 0 Å². The molecule has 0 bridgehead atoms. The van der Waals surface area contributed by atoms with Crippen LogP contribution in [0.3, 0.4) is 0 Å². The van der Waals surface area contributed by atoms with E-state index in [9.17, 15) is 9.59 Å². The molecule has 0 unspecified atom stereocenters. The average molecular weight is 426 g/mol. The molecule has 0 fully saturated rings. The fraction of sp³-hybridized carbons (Fsp3) is 0.0800. The number of hydrogen-bond acceptors (Lipinski definition) is 4. The number of anilines is 2. The first-order chi connectivity index (χ1) is 15.1. The lowest BCUT2D eigenvalue weighted by atomic mass is 9.97. The zero-order valence-electron chi connectivity index (χ0n) is 16.8. The van der Waals surface area contributed by atoms with Crippen molar-refractivity contribution >= 4 is 50.8 Å². The maximum atomic E-state index is 13.1. The fourth-order valence-electron chi connectivity index (χ4n) is 3.77. The van der Waals surface area contributed by atoms with Crippen molar-refractivity contribution in [1.82, 2.24) is 0 Å². The van der Waals surface area contributed by atoms with Gasteiger partial charge in [0.15, 0.2) is 0 Å². The predicted octanol–water partition coefficient (Wildman–Crippen LogP) is 5.71. The molecule has 2 N–H and O–H groups in total. The average Bonchev–Trinajstić information content (AvgIpc) is 3.40. The number of carbonyl (C=O) groups excluding carboxylic acids is 2. The lowest BCUT2D eigenvalue weighted by molar-refractivity contribution is -0.114. The van der Waals surface area contributed by atoms with Crippen LogP contribution in [0.2, 0.25) is 0 Å². The zero-order chi connectivity index (χ0) is 21.4. The third-order valence-electron chi connectivity index (χ3n) is 5.20. The van der Waals surface area contributed by atoms with E-state index in [1.807, 2.05) is 42.6 Å². The van der Waals surface area contributed by atoms with E-state index in [0.29, 0.717) is 23.5 Å². The summed E-state index contributed by atoms with van der Waals surface area (Å²) < 4.78 is 1.21. The van der Waals surface area contributed by atoms with Gasteiger partial charge in [-0.25, -0.2) is 0 Å². The van der Waals surface area contributed by atoms with Crippen LogP contribution in [0.4, 0.5) is 11.4 Å². The monoisotopic (exact) mass is 425 g/mol. The van der Waals surface area contributed by atoms with Gasteiger partial charge in [-0.05, 0) is 58.5 Å². The van der Waals surface area contributed by atoms with Crippen LogP contribution in [-0.4, -0.2) is 18.0 Å². The third-order valence-corrected chi connectivity index (χ3v) is 6.35. The Labute approximate surface area is 183 Å². The second-order valence-corrected chi connectivity index (χ2v) is 8.47. The van der Waals surface area contributed by atoms with Gasteiger partial charge in [0.25, 0.3) is 5.91 Å². The van der Waals surface area contributed by atoms with Gasteiger partial charge < -0.3 is 10.6 Å². The Morgan fingerprint density at radius 2 is 1.68 bits per heavy atom. The van der Waals surface area contributed by atoms with E-state index >= 15 is 0 Å². The van der Waals surface area contributed by atoms with Crippen molar-refractivity contribution in [3.63, 3.8) is 0 Å². The summed E-state index contributed by atoms with van der Waals surface area (Å²) in [5, 5.41) is 6.87. The molecule has 0 aliphatic carbocycles. The van der Waals surface area contributed by atoms with Crippen LogP contribution in [0.5, 0.6) is 0 Å². The molecule has 2 heterocycles. The maximum absolute atomic E-state index is 13.1. The first-order valence-electron chi connectivity index (χ1n) is 9.92. The minimum absolute atomic E-state index is 0.192. The number of nitrogens with zero attached hydrogens (tertiary/aromatic N) is 1. The van der Waals surface area contributed by atoms with Crippen LogP contribution in [0, 0.1) is 0 Å². The van der Waals surface area contributed by atoms with Crippen LogP contribution in [0.1, 0.15) is 28.4 Å². The van der Waals surface area contributed by atoms with E-state index < -0.39 is 0 Å². The normalized spacial score (nSPS) is 12.0. The number of para-hydroxylation sites is 2. The van der Waals surface area contributed by atoms with Crippen molar-refractivity contribution in [3.05, 3.63) is 83.4 Å². The summed E-state index contributed by atoms with van der Waals surface area (Å²) in [4.78, 5) is 30.2. The molecule has 1 aliphatic heterocycles. The number of amides is 2. The van der Waals surface area contributed by atoms with E-state index in [1.54, 1.807) is 23.5 Å². The highest BCUT2D eigenvalue weighted by Crippen LogP contribution is 2.38. The Kier molecular flexibility index (Phi) is 4.84. The van der Waals surface area contributed by atoms with E-state index in [2.05, 4.69) is 33.8 Å². The molecule has 1 aliphatic rings. The van der Waals surface area contributed by atoms with Crippen LogP contribution >= 0.6 is 11.3 Å². The van der Waals surface area contributed by atoms with Crippen molar-refractivity contribution in [3.8, 4) is 10.4 Å². The number of hydrogen-bond donors (Lipinski definition) is 2. The molecule has 0 atom stereocenters. The lowest BCUT2D eigenvalue weighted by Crippen LogP contribution is -2.15. The molecule has 2 amide bonds. The van der Waals surface area contributed by atoms with Crippen LogP contribution in [0.15, 0.2) is 71.7 Å². The minimum Gasteiger partial charge on any atom is -0.325 e. The Morgan fingerprint density at radius 1 is 0.935 bits per heavy atom. The lowest BCUT2D eigenvalue weighted by Gasteiger charge is -2.13. The SMILES string of the molecule is CC(=O)Nc1ccccc1NC(=O)c1cc2c(c(-c3cc4ccccc4s3)c1)CN=C2. The smallest absolute Gasteiger partial charge is 0.255 e. The highest BCUT2D eigenvalue weighted by molar-refractivity contribution is 7.22. The molecule has 3 aromatic carbocycles. The number of fused-ring (bicyclic) bond motifs is 2. The Balaban J connectivity index is 1.53. The zero-order valence-corrected chi connectivity index (χ0v) is 17.6. The number of nitrogens with one attached hydrogen (secondary N) is 2. The first kappa shape index (κ1) is 19.2. The van der Waals surface area contributed by atoms with Crippen LogP contribution < -0.4 is 10.6 Å². The largest absolute Gasteiger partial charge is 0.325 e. The molecule has 1 aromatic heterocycles. The van der Waals surface area contributed by atoms with Crippen LogP contribution in [-0.2, 0) is 11.3 Å². The molecule has 0 saturated carbocycles. The summed E-state index contributed by atoms with van der Waals surface area (Å²) in [7, 11) is 0. The first-order valence-corrected chi connectivity index (χ1v) is 10.7. The summed E-state index contributed by atoms with van der Waals surface area (Å²) >= 11 is 1.72. The van der Waals surface area contributed by atoms with E-state index in [-0.39, 0.29) is 11.8 Å². The molecular weight excluding hydrogens is 406 g/mol. The van der Waals surface area contributed by atoms with Crippen LogP contribution in [0.25, 0.3) is 20.5 Å². The van der Waals surface area contributed by atoms with Crippen molar-refractivity contribution in [1.29, 1.82) is 0 Å². The van der Waals surface area contributed by atoms with Gasteiger partial charge in [0.05, 0.1) is 17.9 Å².